The predicted octanol–water partition coefficient (Wildman–Crippen LogP) is 4.27. The van der Waals surface area contributed by atoms with Crippen LogP contribution in [0.1, 0.15) is 10.4 Å². The van der Waals surface area contributed by atoms with Crippen molar-refractivity contribution in [2.45, 2.75) is 6.54 Å². The first-order valence-electron chi connectivity index (χ1n) is 7.50. The van der Waals surface area contributed by atoms with Gasteiger partial charge in [-0.1, -0.05) is 22.9 Å². The summed E-state index contributed by atoms with van der Waals surface area (Å²) in [5.74, 6) is 0.537. The molecule has 2 aliphatic heterocycles. The van der Waals surface area contributed by atoms with Crippen LogP contribution >= 0.6 is 34.7 Å². The van der Waals surface area contributed by atoms with Crippen LogP contribution in [-0.4, -0.2) is 27.8 Å². The molecular formula is C16H9ClN2O6S2. The van der Waals surface area contributed by atoms with Crippen LogP contribution in [0.25, 0.3) is 6.08 Å². The Kier molecular flexibility index (Phi) is 4.54. The fourth-order valence-electron chi connectivity index (χ4n) is 2.53. The van der Waals surface area contributed by atoms with E-state index in [9.17, 15) is 19.7 Å². The molecule has 3 heterocycles. The molecule has 4 rings (SSSR count). The fraction of sp³-hybridized carbons (Fsp3) is 0.125. The van der Waals surface area contributed by atoms with Crippen molar-refractivity contribution in [2.24, 2.45) is 0 Å². The number of thioether (sulfide) groups is 1. The van der Waals surface area contributed by atoms with E-state index in [0.29, 0.717) is 27.0 Å². The Morgan fingerprint density at radius 3 is 2.70 bits per heavy atom. The van der Waals surface area contributed by atoms with Crippen LogP contribution < -0.4 is 9.47 Å². The van der Waals surface area contributed by atoms with Gasteiger partial charge < -0.3 is 9.47 Å². The highest BCUT2D eigenvalue weighted by molar-refractivity contribution is 8.18. The number of ether oxygens (including phenoxy) is 2. The maximum atomic E-state index is 12.6. The Bertz CT molecular complexity index is 1020. The molecule has 27 heavy (non-hydrogen) atoms. The summed E-state index contributed by atoms with van der Waals surface area (Å²) in [5.41, 5.74) is 0.552. The second kappa shape index (κ2) is 6.87. The lowest BCUT2D eigenvalue weighted by atomic mass is 10.2. The third kappa shape index (κ3) is 3.38. The lowest BCUT2D eigenvalue weighted by Gasteiger charge is -2.14. The molecule has 0 unspecified atom stereocenters. The van der Waals surface area contributed by atoms with E-state index in [4.69, 9.17) is 21.1 Å². The number of benzene rings is 1. The van der Waals surface area contributed by atoms with Gasteiger partial charge in [-0.2, -0.15) is 0 Å². The normalized spacial score (nSPS) is 17.2. The van der Waals surface area contributed by atoms with Crippen molar-refractivity contribution < 1.29 is 24.0 Å². The van der Waals surface area contributed by atoms with Gasteiger partial charge in [0.2, 0.25) is 6.79 Å². The van der Waals surface area contributed by atoms with Crippen LogP contribution in [-0.2, 0) is 11.3 Å². The molecule has 0 radical (unpaired) electrons. The minimum absolute atomic E-state index is 0.0118. The van der Waals surface area contributed by atoms with E-state index in [1.165, 1.54) is 18.2 Å². The molecule has 2 amide bonds. The highest BCUT2D eigenvalue weighted by atomic mass is 35.5. The van der Waals surface area contributed by atoms with Crippen LogP contribution in [0, 0.1) is 10.1 Å². The summed E-state index contributed by atoms with van der Waals surface area (Å²) in [5, 5.41) is 10.6. The maximum Gasteiger partial charge on any atom is 0.324 e. The quantitative estimate of drug-likeness (QED) is 0.410. The van der Waals surface area contributed by atoms with Gasteiger partial charge in [0.05, 0.1) is 16.4 Å². The zero-order chi connectivity index (χ0) is 19.1. The highest BCUT2D eigenvalue weighted by Crippen LogP contribution is 2.40. The molecule has 2 aliphatic rings. The molecule has 1 aromatic carbocycles. The highest BCUT2D eigenvalue weighted by Gasteiger charge is 2.36. The van der Waals surface area contributed by atoms with Gasteiger partial charge >= 0.3 is 5.00 Å². The summed E-state index contributed by atoms with van der Waals surface area (Å²) in [6.07, 6.45) is 1.48. The number of thiophene rings is 1. The van der Waals surface area contributed by atoms with Gasteiger partial charge in [0, 0.05) is 22.0 Å². The molecule has 1 aromatic heterocycles. The average Bonchev–Trinajstić information content (AvgIpc) is 3.32. The minimum Gasteiger partial charge on any atom is -0.454 e. The van der Waals surface area contributed by atoms with E-state index in [0.717, 1.165) is 28.0 Å². The van der Waals surface area contributed by atoms with Crippen LogP contribution in [0.5, 0.6) is 11.5 Å². The summed E-state index contributed by atoms with van der Waals surface area (Å²) in [6, 6.07) is 6.11. The van der Waals surface area contributed by atoms with E-state index in [1.54, 1.807) is 12.1 Å². The summed E-state index contributed by atoms with van der Waals surface area (Å²) in [4.78, 5) is 36.9. The summed E-state index contributed by atoms with van der Waals surface area (Å²) in [6.45, 7) is 0.0778. The smallest absolute Gasteiger partial charge is 0.324 e. The minimum atomic E-state index is -0.505. The van der Waals surface area contributed by atoms with E-state index in [2.05, 4.69) is 0 Å². The lowest BCUT2D eigenvalue weighted by molar-refractivity contribution is -0.380. The maximum absolute atomic E-state index is 12.6. The molecule has 0 atom stereocenters. The molecule has 0 N–H and O–H groups in total. The molecule has 1 saturated heterocycles. The Hall–Kier alpha value is -2.56. The molecule has 1 fully saturated rings. The van der Waals surface area contributed by atoms with Crippen molar-refractivity contribution in [3.05, 3.63) is 54.7 Å². The van der Waals surface area contributed by atoms with Crippen LogP contribution in [0.2, 0.25) is 5.02 Å². The zero-order valence-corrected chi connectivity index (χ0v) is 15.7. The first-order chi connectivity index (χ1) is 12.9. The van der Waals surface area contributed by atoms with Gasteiger partial charge in [0.25, 0.3) is 11.1 Å². The van der Waals surface area contributed by atoms with Gasteiger partial charge in [-0.3, -0.25) is 24.6 Å². The molecule has 0 saturated carbocycles. The Morgan fingerprint density at radius 2 is 2.00 bits per heavy atom. The monoisotopic (exact) mass is 424 g/mol. The van der Waals surface area contributed by atoms with Crippen molar-refractivity contribution in [3.8, 4) is 11.5 Å². The zero-order valence-electron chi connectivity index (χ0n) is 13.3. The van der Waals surface area contributed by atoms with Gasteiger partial charge in [0.15, 0.2) is 11.5 Å². The number of nitro groups is 1. The summed E-state index contributed by atoms with van der Waals surface area (Å²) in [7, 11) is 0. The largest absolute Gasteiger partial charge is 0.454 e. The van der Waals surface area contributed by atoms with Crippen molar-refractivity contribution in [1.29, 1.82) is 0 Å². The topological polar surface area (TPSA) is 99.0 Å². The fourth-order valence-corrected chi connectivity index (χ4v) is 4.42. The van der Waals surface area contributed by atoms with Crippen molar-refractivity contribution in [1.82, 2.24) is 4.90 Å². The molecule has 8 nitrogen and oxygen atoms in total. The number of hydrogen-bond acceptors (Lipinski definition) is 8. The molecule has 0 bridgehead atoms. The third-order valence-corrected chi connectivity index (χ3v) is 6.05. The van der Waals surface area contributed by atoms with Gasteiger partial charge in [-0.15, -0.1) is 0 Å². The van der Waals surface area contributed by atoms with Gasteiger partial charge in [0.1, 0.15) is 0 Å². The molecule has 0 aliphatic carbocycles. The lowest BCUT2D eigenvalue weighted by Crippen LogP contribution is -2.27. The van der Waals surface area contributed by atoms with E-state index >= 15 is 0 Å². The standard InChI is InChI=1S/C16H9ClN2O6S2/c17-10-5-12-11(24-7-25-12)3-8(10)6-18-15(20)13(27-16(18)21)4-9-1-2-14(26-9)19(22)23/h1-5H,6-7H2/b13-4-. The van der Waals surface area contributed by atoms with Crippen LogP contribution in [0.3, 0.4) is 0 Å². The molecule has 0 spiro atoms. The molecule has 2 aromatic rings. The van der Waals surface area contributed by atoms with Gasteiger partial charge in [-0.05, 0) is 35.5 Å². The number of imide groups is 1. The first kappa shape index (κ1) is 17.8. The number of rotatable bonds is 4. The summed E-state index contributed by atoms with van der Waals surface area (Å²) >= 11 is 7.92. The number of hydrogen-bond donors (Lipinski definition) is 0. The number of carbonyl (C=O) groups excluding carboxylic acids is 2. The third-order valence-electron chi connectivity index (χ3n) is 3.81. The molecule has 11 heteroatoms. The van der Waals surface area contributed by atoms with E-state index in [1.807, 2.05) is 0 Å². The van der Waals surface area contributed by atoms with Crippen molar-refractivity contribution >= 4 is 56.9 Å². The second-order valence-electron chi connectivity index (χ2n) is 5.50. The number of carbonyl (C=O) groups is 2. The molecular weight excluding hydrogens is 416 g/mol. The van der Waals surface area contributed by atoms with Crippen molar-refractivity contribution in [2.75, 3.05) is 6.79 Å². The summed E-state index contributed by atoms with van der Waals surface area (Å²) < 4.78 is 10.5. The number of fused-ring (bicyclic) bond motifs is 1. The van der Waals surface area contributed by atoms with Crippen LogP contribution in [0.15, 0.2) is 29.2 Å². The SMILES string of the molecule is O=C1S/C(=C\c2ccc([N+](=O)[O-])s2)C(=O)N1Cc1cc2c(cc1Cl)OCO2. The first-order valence-corrected chi connectivity index (χ1v) is 9.51. The van der Waals surface area contributed by atoms with E-state index < -0.39 is 16.1 Å². The van der Waals surface area contributed by atoms with Crippen LogP contribution in [0.4, 0.5) is 9.80 Å². The number of nitrogens with zero attached hydrogens (tertiary/aromatic N) is 2. The number of halogens is 1. The van der Waals surface area contributed by atoms with E-state index in [-0.39, 0.29) is 23.2 Å². The number of amides is 2. The Morgan fingerprint density at radius 1 is 1.26 bits per heavy atom. The Balaban J connectivity index is 1.56. The Labute approximate surface area is 165 Å². The predicted molar refractivity (Wildman–Crippen MR) is 100 cm³/mol. The average molecular weight is 425 g/mol. The second-order valence-corrected chi connectivity index (χ2v) is 7.99. The van der Waals surface area contributed by atoms with Gasteiger partial charge in [-0.25, -0.2) is 0 Å². The molecule has 138 valence electrons. The van der Waals surface area contributed by atoms with Crippen molar-refractivity contribution in [3.63, 3.8) is 0 Å².